The standard InChI is InChI=1S/C49H62N2O8S/c1-5-8-30-55-48(54)51(26-6-2)45-33-43(50-57-34-35-16-10-9-11-17-35)41-31-36(18-12-14-27-52)40(19-13-15-28-53)46-42-32-38(58-37-20-23-39(60-4)24-21-37)22-25-44(42)59-49(45,47(41)46)56-29-7-3/h5,7,9-11,16-17,20-25,31-32,36,40,45-47,52-53H,1,3,6,8,12-15,18-19,26-30,33-34H2,2,4H3. The molecule has 60 heavy (non-hydrogen) atoms. The van der Waals surface area contributed by atoms with E-state index in [1.54, 1.807) is 28.8 Å². The van der Waals surface area contributed by atoms with Gasteiger partial charge in [0.05, 0.1) is 24.8 Å². The van der Waals surface area contributed by atoms with Crippen LogP contribution in [0.15, 0.2) is 120 Å². The summed E-state index contributed by atoms with van der Waals surface area (Å²) >= 11 is 1.68. The largest absolute Gasteiger partial charge is 0.459 e. The smallest absolute Gasteiger partial charge is 0.410 e. The molecule has 0 bridgehead atoms. The van der Waals surface area contributed by atoms with E-state index < -0.39 is 23.8 Å². The summed E-state index contributed by atoms with van der Waals surface area (Å²) in [4.78, 5) is 23.4. The SMILES string of the molecule is C=CCCOC(=O)N(CCC)C1CC(=NOCc2ccccc2)C2=CC(CCCCO)C(CCCCO)C3c4cc(Oc5ccc(SC)cc5)ccc4OC1(OCC=C)C23. The van der Waals surface area contributed by atoms with E-state index in [0.717, 1.165) is 58.7 Å². The maximum atomic E-state index is 14.3. The number of carbonyl (C=O) groups excluding carboxylic acids is 1. The van der Waals surface area contributed by atoms with Gasteiger partial charge in [0.1, 0.15) is 29.9 Å². The highest BCUT2D eigenvalue weighted by Crippen LogP contribution is 2.62. The number of fused-ring (bicyclic) bond motifs is 2. The summed E-state index contributed by atoms with van der Waals surface area (Å²) < 4.78 is 26.8. The fourth-order valence-corrected chi connectivity index (χ4v) is 9.59. The molecular formula is C49H62N2O8S. The Hall–Kier alpha value is -4.55. The van der Waals surface area contributed by atoms with Gasteiger partial charge in [-0.05, 0) is 110 Å². The monoisotopic (exact) mass is 838 g/mol. The normalized spacial score (nSPS) is 23.4. The molecule has 0 radical (unpaired) electrons. The summed E-state index contributed by atoms with van der Waals surface area (Å²) in [5.41, 5.74) is 3.69. The van der Waals surface area contributed by atoms with Gasteiger partial charge in [-0.1, -0.05) is 73.5 Å². The molecule has 1 heterocycles. The third-order valence-corrected chi connectivity index (χ3v) is 12.6. The fourth-order valence-electron chi connectivity index (χ4n) is 9.18. The van der Waals surface area contributed by atoms with Crippen LogP contribution in [0.25, 0.3) is 0 Å². The van der Waals surface area contributed by atoms with Gasteiger partial charge in [0.2, 0.25) is 5.79 Å². The van der Waals surface area contributed by atoms with E-state index >= 15 is 0 Å². The average Bonchev–Trinajstić information content (AvgIpc) is 3.27. The van der Waals surface area contributed by atoms with Crippen LogP contribution in [0.5, 0.6) is 17.2 Å². The van der Waals surface area contributed by atoms with Crippen molar-refractivity contribution >= 4 is 23.6 Å². The summed E-state index contributed by atoms with van der Waals surface area (Å²) in [5.74, 6) is 0.268. The molecule has 2 aliphatic carbocycles. The molecule has 3 aliphatic rings. The predicted molar refractivity (Wildman–Crippen MR) is 238 cm³/mol. The summed E-state index contributed by atoms with van der Waals surface area (Å²) in [7, 11) is 0. The van der Waals surface area contributed by atoms with Crippen LogP contribution in [0, 0.1) is 17.8 Å². The van der Waals surface area contributed by atoms with E-state index in [1.165, 1.54) is 0 Å². The Balaban J connectivity index is 1.56. The summed E-state index contributed by atoms with van der Waals surface area (Å²) in [5, 5.41) is 24.8. The molecule has 0 aromatic heterocycles. The van der Waals surface area contributed by atoms with Crippen LogP contribution in [0.2, 0.25) is 0 Å². The number of unbranched alkanes of at least 4 members (excludes halogenated alkanes) is 2. The highest BCUT2D eigenvalue weighted by atomic mass is 32.2. The van der Waals surface area contributed by atoms with E-state index in [2.05, 4.69) is 25.3 Å². The Morgan fingerprint density at radius 3 is 2.43 bits per heavy atom. The number of ether oxygens (including phenoxy) is 4. The van der Waals surface area contributed by atoms with Crippen molar-refractivity contribution in [1.82, 2.24) is 4.90 Å². The molecule has 3 aromatic rings. The number of nitrogens with zero attached hydrogens (tertiary/aromatic N) is 2. The van der Waals surface area contributed by atoms with Crippen LogP contribution in [-0.4, -0.2) is 78.0 Å². The first-order chi connectivity index (χ1) is 29.4. The highest BCUT2D eigenvalue weighted by molar-refractivity contribution is 7.98. The van der Waals surface area contributed by atoms with E-state index in [-0.39, 0.29) is 50.8 Å². The van der Waals surface area contributed by atoms with Crippen molar-refractivity contribution in [3.05, 3.63) is 121 Å². The first kappa shape index (κ1) is 45.0. The molecule has 0 saturated heterocycles. The van der Waals surface area contributed by atoms with Gasteiger partial charge in [0.15, 0.2) is 0 Å². The van der Waals surface area contributed by atoms with Crippen molar-refractivity contribution in [3.8, 4) is 17.2 Å². The molecule has 10 nitrogen and oxygen atoms in total. The molecule has 3 aromatic carbocycles. The number of amides is 1. The summed E-state index contributed by atoms with van der Waals surface area (Å²) in [6.07, 6.45) is 13.6. The number of benzene rings is 3. The van der Waals surface area contributed by atoms with Gasteiger partial charge >= 0.3 is 6.09 Å². The van der Waals surface area contributed by atoms with Crippen LogP contribution in [0.4, 0.5) is 4.79 Å². The number of thioether (sulfide) groups is 1. The Kier molecular flexibility index (Phi) is 16.7. The lowest BCUT2D eigenvalue weighted by molar-refractivity contribution is -0.255. The van der Waals surface area contributed by atoms with Crippen molar-refractivity contribution in [2.75, 3.05) is 39.2 Å². The van der Waals surface area contributed by atoms with Gasteiger partial charge < -0.3 is 34.0 Å². The molecule has 322 valence electrons. The number of aliphatic hydroxyl groups excluding tert-OH is 2. The Morgan fingerprint density at radius 2 is 1.73 bits per heavy atom. The highest BCUT2D eigenvalue weighted by Gasteiger charge is 2.65. The number of hydrogen-bond acceptors (Lipinski definition) is 10. The third kappa shape index (κ3) is 10.5. The second-order valence-corrected chi connectivity index (χ2v) is 16.6. The number of carbonyl (C=O) groups is 1. The Labute approximate surface area is 360 Å². The number of rotatable bonds is 23. The van der Waals surface area contributed by atoms with Crippen molar-refractivity contribution in [1.29, 1.82) is 0 Å². The lowest BCUT2D eigenvalue weighted by Gasteiger charge is -2.59. The molecule has 1 amide bonds. The number of aliphatic hydroxyl groups is 2. The number of allylic oxidation sites excluding steroid dienone is 1. The van der Waals surface area contributed by atoms with E-state index in [0.29, 0.717) is 50.1 Å². The zero-order valence-corrected chi connectivity index (χ0v) is 36.0. The van der Waals surface area contributed by atoms with Crippen LogP contribution >= 0.6 is 11.8 Å². The number of hydrogen-bond donors (Lipinski definition) is 2. The number of oxime groups is 1. The Bertz CT molecular complexity index is 1920. The lowest BCUT2D eigenvalue weighted by atomic mass is 9.55. The molecular weight excluding hydrogens is 777 g/mol. The molecule has 0 spiro atoms. The molecule has 11 heteroatoms. The molecule has 1 saturated carbocycles. The minimum Gasteiger partial charge on any atom is -0.459 e. The van der Waals surface area contributed by atoms with Gasteiger partial charge in [-0.2, -0.15) is 0 Å². The third-order valence-electron chi connectivity index (χ3n) is 11.8. The maximum absolute atomic E-state index is 14.3. The fraction of sp³-hybridized carbons (Fsp3) is 0.469. The predicted octanol–water partition coefficient (Wildman–Crippen LogP) is 10.5. The van der Waals surface area contributed by atoms with Crippen LogP contribution in [-0.2, 0) is 20.9 Å². The van der Waals surface area contributed by atoms with Gasteiger partial charge in [0.25, 0.3) is 0 Å². The molecule has 6 atom stereocenters. The van der Waals surface area contributed by atoms with Crippen LogP contribution in [0.1, 0.15) is 81.8 Å². The van der Waals surface area contributed by atoms with Crippen molar-refractivity contribution in [2.45, 2.75) is 94.0 Å². The van der Waals surface area contributed by atoms with Gasteiger partial charge in [-0.3, -0.25) is 4.90 Å². The first-order valence-corrected chi connectivity index (χ1v) is 22.7. The lowest BCUT2D eigenvalue weighted by Crippen LogP contribution is -2.70. The van der Waals surface area contributed by atoms with Crippen molar-refractivity contribution in [2.24, 2.45) is 22.9 Å². The second kappa shape index (κ2) is 22.3. The summed E-state index contributed by atoms with van der Waals surface area (Å²) in [6, 6.07) is 23.3. The molecule has 1 aliphatic heterocycles. The second-order valence-electron chi connectivity index (χ2n) is 15.7. The molecule has 2 N–H and O–H groups in total. The minimum absolute atomic E-state index is 0.0823. The quantitative estimate of drug-likeness (QED) is 0.0416. The molecule has 6 unspecified atom stereocenters. The molecule has 6 rings (SSSR count). The van der Waals surface area contributed by atoms with Gasteiger partial charge in [-0.15, -0.1) is 24.9 Å². The van der Waals surface area contributed by atoms with E-state index in [4.69, 9.17) is 28.9 Å². The first-order valence-electron chi connectivity index (χ1n) is 21.5. The van der Waals surface area contributed by atoms with Gasteiger partial charge in [0, 0.05) is 42.6 Å². The zero-order chi connectivity index (χ0) is 42.3. The Morgan fingerprint density at radius 1 is 0.983 bits per heavy atom. The minimum atomic E-state index is -1.37. The summed E-state index contributed by atoms with van der Waals surface area (Å²) in [6.45, 7) is 11.2. The zero-order valence-electron chi connectivity index (χ0n) is 35.2. The maximum Gasteiger partial charge on any atom is 0.410 e. The van der Waals surface area contributed by atoms with Gasteiger partial charge in [-0.25, -0.2) is 4.79 Å². The van der Waals surface area contributed by atoms with Crippen LogP contribution < -0.4 is 9.47 Å². The van der Waals surface area contributed by atoms with E-state index in [9.17, 15) is 15.0 Å². The van der Waals surface area contributed by atoms with Crippen molar-refractivity contribution in [3.63, 3.8) is 0 Å². The van der Waals surface area contributed by atoms with Crippen molar-refractivity contribution < 1.29 is 38.8 Å². The average molecular weight is 839 g/mol. The molecule has 1 fully saturated rings. The van der Waals surface area contributed by atoms with E-state index in [1.807, 2.05) is 79.9 Å². The topological polar surface area (TPSA) is 119 Å². The van der Waals surface area contributed by atoms with Crippen LogP contribution in [0.3, 0.4) is 0 Å².